The second-order valence-electron chi connectivity index (χ2n) is 5.59. The minimum absolute atomic E-state index is 0.0173. The smallest absolute Gasteiger partial charge is 0.260 e. The third-order valence-electron chi connectivity index (χ3n) is 3.98. The first-order valence-corrected chi connectivity index (χ1v) is 8.95. The molecule has 0 aromatic heterocycles. The van der Waals surface area contributed by atoms with Crippen LogP contribution in [0.1, 0.15) is 0 Å². The Morgan fingerprint density at radius 3 is 2.46 bits per heavy atom. The van der Waals surface area contributed by atoms with Crippen molar-refractivity contribution >= 4 is 39.1 Å². The molecule has 1 amide bonds. The molecule has 1 saturated heterocycles. The molecule has 1 heterocycles. The standard InChI is InChI=1S/C18H18BrClN2O2/c19-14-4-6-17(7-5-14)24-13-18(23)22-10-8-21(9-11-22)16-3-1-2-15(20)12-16/h1-7,12H,8-11,13H2. The van der Waals surface area contributed by atoms with Gasteiger partial charge in [-0.1, -0.05) is 33.6 Å². The van der Waals surface area contributed by atoms with Crippen LogP contribution in [-0.2, 0) is 4.79 Å². The number of hydrogen-bond acceptors (Lipinski definition) is 3. The zero-order valence-electron chi connectivity index (χ0n) is 13.1. The first-order chi connectivity index (χ1) is 11.6. The summed E-state index contributed by atoms with van der Waals surface area (Å²) >= 11 is 9.42. The summed E-state index contributed by atoms with van der Waals surface area (Å²) in [6.45, 7) is 3.04. The first kappa shape index (κ1) is 17.1. The van der Waals surface area contributed by atoms with E-state index in [1.807, 2.05) is 53.4 Å². The quantitative estimate of drug-likeness (QED) is 0.769. The van der Waals surface area contributed by atoms with E-state index in [2.05, 4.69) is 20.8 Å². The molecule has 1 aliphatic heterocycles. The van der Waals surface area contributed by atoms with Crippen LogP contribution in [0.5, 0.6) is 5.75 Å². The van der Waals surface area contributed by atoms with Gasteiger partial charge in [-0.3, -0.25) is 4.79 Å². The number of rotatable bonds is 4. The molecule has 3 rings (SSSR count). The fraction of sp³-hybridized carbons (Fsp3) is 0.278. The summed E-state index contributed by atoms with van der Waals surface area (Å²) in [4.78, 5) is 16.4. The van der Waals surface area contributed by atoms with E-state index in [1.165, 1.54) is 0 Å². The van der Waals surface area contributed by atoms with Crippen molar-refractivity contribution in [2.24, 2.45) is 0 Å². The molecule has 0 spiro atoms. The van der Waals surface area contributed by atoms with Gasteiger partial charge in [-0.05, 0) is 42.5 Å². The predicted octanol–water partition coefficient (Wildman–Crippen LogP) is 3.83. The van der Waals surface area contributed by atoms with E-state index >= 15 is 0 Å². The van der Waals surface area contributed by atoms with Crippen LogP contribution in [0.4, 0.5) is 5.69 Å². The Morgan fingerprint density at radius 2 is 1.79 bits per heavy atom. The molecule has 0 atom stereocenters. The molecule has 24 heavy (non-hydrogen) atoms. The molecule has 0 radical (unpaired) electrons. The van der Waals surface area contributed by atoms with Gasteiger partial charge in [0, 0.05) is 41.4 Å². The lowest BCUT2D eigenvalue weighted by atomic mass is 10.2. The molecule has 1 fully saturated rings. The number of amides is 1. The summed E-state index contributed by atoms with van der Waals surface area (Å²) in [5.41, 5.74) is 1.10. The minimum atomic E-state index is 0.0173. The highest BCUT2D eigenvalue weighted by atomic mass is 79.9. The number of ether oxygens (including phenoxy) is 1. The third kappa shape index (κ3) is 4.42. The number of hydrogen-bond donors (Lipinski definition) is 0. The maximum absolute atomic E-state index is 12.3. The van der Waals surface area contributed by atoms with E-state index in [4.69, 9.17) is 16.3 Å². The van der Waals surface area contributed by atoms with E-state index < -0.39 is 0 Å². The fourth-order valence-electron chi connectivity index (χ4n) is 2.65. The summed E-state index contributed by atoms with van der Waals surface area (Å²) in [5.74, 6) is 0.716. The highest BCUT2D eigenvalue weighted by Gasteiger charge is 2.21. The molecule has 0 unspecified atom stereocenters. The number of carbonyl (C=O) groups is 1. The van der Waals surface area contributed by atoms with Gasteiger partial charge in [0.15, 0.2) is 6.61 Å². The van der Waals surface area contributed by atoms with Gasteiger partial charge in [-0.25, -0.2) is 0 Å². The van der Waals surface area contributed by atoms with Crippen LogP contribution in [0.25, 0.3) is 0 Å². The fourth-order valence-corrected chi connectivity index (χ4v) is 3.10. The maximum atomic E-state index is 12.3. The molecule has 126 valence electrons. The summed E-state index contributed by atoms with van der Waals surface area (Å²) < 4.78 is 6.54. The Balaban J connectivity index is 1.49. The van der Waals surface area contributed by atoms with E-state index in [1.54, 1.807) is 0 Å². The van der Waals surface area contributed by atoms with Crippen molar-refractivity contribution in [2.45, 2.75) is 0 Å². The highest BCUT2D eigenvalue weighted by molar-refractivity contribution is 9.10. The SMILES string of the molecule is O=C(COc1ccc(Br)cc1)N1CCN(c2cccc(Cl)c2)CC1. The van der Waals surface area contributed by atoms with Crippen LogP contribution >= 0.6 is 27.5 Å². The lowest BCUT2D eigenvalue weighted by Crippen LogP contribution is -2.50. The zero-order valence-corrected chi connectivity index (χ0v) is 15.5. The van der Waals surface area contributed by atoms with Gasteiger partial charge in [-0.15, -0.1) is 0 Å². The van der Waals surface area contributed by atoms with Crippen molar-refractivity contribution in [1.82, 2.24) is 4.90 Å². The van der Waals surface area contributed by atoms with Crippen molar-refractivity contribution < 1.29 is 9.53 Å². The lowest BCUT2D eigenvalue weighted by Gasteiger charge is -2.36. The molecule has 2 aromatic carbocycles. The lowest BCUT2D eigenvalue weighted by molar-refractivity contribution is -0.133. The van der Waals surface area contributed by atoms with Gasteiger partial charge in [-0.2, -0.15) is 0 Å². The van der Waals surface area contributed by atoms with Gasteiger partial charge in [0.05, 0.1) is 0 Å². The average molecular weight is 410 g/mol. The number of piperazine rings is 1. The van der Waals surface area contributed by atoms with E-state index in [0.717, 1.165) is 28.3 Å². The second kappa shape index (κ2) is 7.90. The molecular formula is C18H18BrClN2O2. The van der Waals surface area contributed by atoms with Crippen molar-refractivity contribution in [3.63, 3.8) is 0 Å². The summed E-state index contributed by atoms with van der Waals surface area (Å²) in [6.07, 6.45) is 0. The first-order valence-electron chi connectivity index (χ1n) is 7.78. The molecule has 2 aromatic rings. The molecule has 0 N–H and O–H groups in total. The van der Waals surface area contributed by atoms with Crippen LogP contribution in [0.3, 0.4) is 0 Å². The van der Waals surface area contributed by atoms with Crippen LogP contribution in [0, 0.1) is 0 Å². The normalized spacial score (nSPS) is 14.6. The zero-order chi connectivity index (χ0) is 16.9. The van der Waals surface area contributed by atoms with E-state index in [-0.39, 0.29) is 12.5 Å². The van der Waals surface area contributed by atoms with Crippen molar-refractivity contribution in [1.29, 1.82) is 0 Å². The maximum Gasteiger partial charge on any atom is 0.260 e. The van der Waals surface area contributed by atoms with Gasteiger partial charge in [0.2, 0.25) is 0 Å². The van der Waals surface area contributed by atoms with E-state index in [9.17, 15) is 4.79 Å². The number of nitrogens with zero attached hydrogens (tertiary/aromatic N) is 2. The molecule has 1 aliphatic rings. The van der Waals surface area contributed by atoms with Crippen LogP contribution in [0.2, 0.25) is 5.02 Å². The van der Waals surface area contributed by atoms with Crippen LogP contribution in [0.15, 0.2) is 53.0 Å². The van der Waals surface area contributed by atoms with Crippen LogP contribution in [-0.4, -0.2) is 43.6 Å². The highest BCUT2D eigenvalue weighted by Crippen LogP contribution is 2.21. The Hall–Kier alpha value is -1.72. The average Bonchev–Trinajstić information content (AvgIpc) is 2.61. The van der Waals surface area contributed by atoms with Gasteiger partial charge in [0.1, 0.15) is 5.75 Å². The Bertz CT molecular complexity index is 700. The number of benzene rings is 2. The number of carbonyl (C=O) groups excluding carboxylic acids is 1. The van der Waals surface area contributed by atoms with Crippen molar-refractivity contribution in [3.05, 3.63) is 58.0 Å². The summed E-state index contributed by atoms with van der Waals surface area (Å²) in [5, 5.41) is 0.730. The Kier molecular flexibility index (Phi) is 5.63. The molecular weight excluding hydrogens is 392 g/mol. The summed E-state index contributed by atoms with van der Waals surface area (Å²) in [7, 11) is 0. The predicted molar refractivity (Wildman–Crippen MR) is 99.9 cm³/mol. The topological polar surface area (TPSA) is 32.8 Å². The third-order valence-corrected chi connectivity index (χ3v) is 4.75. The second-order valence-corrected chi connectivity index (χ2v) is 6.94. The summed E-state index contributed by atoms with van der Waals surface area (Å²) in [6, 6.07) is 15.3. The molecule has 6 heteroatoms. The molecule has 0 saturated carbocycles. The monoisotopic (exact) mass is 408 g/mol. The van der Waals surface area contributed by atoms with Crippen LogP contribution < -0.4 is 9.64 Å². The molecule has 0 aliphatic carbocycles. The van der Waals surface area contributed by atoms with E-state index in [0.29, 0.717) is 18.8 Å². The van der Waals surface area contributed by atoms with Gasteiger partial charge in [0.25, 0.3) is 5.91 Å². The molecule has 4 nitrogen and oxygen atoms in total. The van der Waals surface area contributed by atoms with Gasteiger partial charge >= 0.3 is 0 Å². The number of anilines is 1. The Labute approximate surface area is 155 Å². The van der Waals surface area contributed by atoms with Crippen molar-refractivity contribution in [3.8, 4) is 5.75 Å². The van der Waals surface area contributed by atoms with Gasteiger partial charge < -0.3 is 14.5 Å². The Morgan fingerprint density at radius 1 is 1.08 bits per heavy atom. The number of halogens is 2. The molecule has 0 bridgehead atoms. The largest absolute Gasteiger partial charge is 0.484 e. The van der Waals surface area contributed by atoms with Crippen molar-refractivity contribution in [2.75, 3.05) is 37.7 Å². The minimum Gasteiger partial charge on any atom is -0.484 e.